The number of likely N-dealkylation sites (tertiary alicyclic amines) is 1. The summed E-state index contributed by atoms with van der Waals surface area (Å²) in [6, 6.07) is 6.40. The van der Waals surface area contributed by atoms with Crippen LogP contribution in [0.1, 0.15) is 31.2 Å². The van der Waals surface area contributed by atoms with Gasteiger partial charge in [-0.25, -0.2) is 4.39 Å². The van der Waals surface area contributed by atoms with E-state index >= 15 is 0 Å². The second-order valence-electron chi connectivity index (χ2n) is 6.21. The van der Waals surface area contributed by atoms with E-state index in [1.165, 1.54) is 13.2 Å². The number of carbonyl (C=O) groups excluding carboxylic acids is 1. The third kappa shape index (κ3) is 3.69. The molecule has 1 saturated heterocycles. The predicted octanol–water partition coefficient (Wildman–Crippen LogP) is 2.27. The Labute approximate surface area is 135 Å². The standard InChI is InChI=1S/C17H22FNO4/c1-12(13-5-3-4-6-14(13)18)9-15(20)19-8-7-17(10-19,11-23-2)16(21)22/h3-6,12H,7-11H2,1-2H3,(H,21,22). The smallest absolute Gasteiger partial charge is 0.313 e. The lowest BCUT2D eigenvalue weighted by molar-refractivity contribution is -0.151. The van der Waals surface area contributed by atoms with Gasteiger partial charge in [0.05, 0.1) is 6.61 Å². The van der Waals surface area contributed by atoms with Crippen molar-refractivity contribution >= 4 is 11.9 Å². The minimum Gasteiger partial charge on any atom is -0.481 e. The first-order valence-electron chi connectivity index (χ1n) is 7.64. The van der Waals surface area contributed by atoms with Gasteiger partial charge in [0.2, 0.25) is 5.91 Å². The molecule has 0 bridgehead atoms. The number of hydrogen-bond acceptors (Lipinski definition) is 3. The van der Waals surface area contributed by atoms with E-state index in [-0.39, 0.29) is 37.2 Å². The molecule has 1 heterocycles. The average Bonchev–Trinajstić information content (AvgIpc) is 2.94. The van der Waals surface area contributed by atoms with Crippen molar-refractivity contribution in [3.63, 3.8) is 0 Å². The molecule has 5 nitrogen and oxygen atoms in total. The lowest BCUT2D eigenvalue weighted by Crippen LogP contribution is -2.40. The van der Waals surface area contributed by atoms with Crippen molar-refractivity contribution in [2.75, 3.05) is 26.8 Å². The van der Waals surface area contributed by atoms with Crippen LogP contribution in [0.15, 0.2) is 24.3 Å². The third-order valence-electron chi connectivity index (χ3n) is 4.50. The number of hydrogen-bond donors (Lipinski definition) is 1. The van der Waals surface area contributed by atoms with Crippen molar-refractivity contribution in [3.8, 4) is 0 Å². The van der Waals surface area contributed by atoms with Crippen LogP contribution >= 0.6 is 0 Å². The number of benzene rings is 1. The predicted molar refractivity (Wildman–Crippen MR) is 82.6 cm³/mol. The molecule has 126 valence electrons. The van der Waals surface area contributed by atoms with E-state index in [4.69, 9.17) is 4.74 Å². The van der Waals surface area contributed by atoms with Crippen LogP contribution in [-0.4, -0.2) is 48.7 Å². The number of ether oxygens (including phenoxy) is 1. The van der Waals surface area contributed by atoms with Crippen molar-refractivity contribution < 1.29 is 23.8 Å². The summed E-state index contributed by atoms with van der Waals surface area (Å²) in [7, 11) is 1.45. The van der Waals surface area contributed by atoms with Crippen molar-refractivity contribution in [1.82, 2.24) is 4.90 Å². The van der Waals surface area contributed by atoms with Crippen LogP contribution in [-0.2, 0) is 14.3 Å². The van der Waals surface area contributed by atoms with Crippen LogP contribution in [0, 0.1) is 11.2 Å². The van der Waals surface area contributed by atoms with Crippen molar-refractivity contribution in [2.45, 2.75) is 25.7 Å². The number of carbonyl (C=O) groups is 2. The summed E-state index contributed by atoms with van der Waals surface area (Å²) in [5.41, 5.74) is -0.535. The fraction of sp³-hybridized carbons (Fsp3) is 0.529. The number of amides is 1. The molecular formula is C17H22FNO4. The lowest BCUT2D eigenvalue weighted by atomic mass is 9.88. The molecule has 1 aromatic rings. The third-order valence-corrected chi connectivity index (χ3v) is 4.50. The quantitative estimate of drug-likeness (QED) is 0.872. The fourth-order valence-electron chi connectivity index (χ4n) is 3.09. The molecule has 1 fully saturated rings. The van der Waals surface area contributed by atoms with E-state index in [0.29, 0.717) is 18.5 Å². The second-order valence-corrected chi connectivity index (χ2v) is 6.21. The Balaban J connectivity index is 2.02. The summed E-state index contributed by atoms with van der Waals surface area (Å²) in [5, 5.41) is 9.42. The first kappa shape index (κ1) is 17.4. The Hall–Kier alpha value is -1.95. The van der Waals surface area contributed by atoms with Crippen molar-refractivity contribution in [1.29, 1.82) is 0 Å². The van der Waals surface area contributed by atoms with Crippen LogP contribution < -0.4 is 0 Å². The van der Waals surface area contributed by atoms with Gasteiger partial charge >= 0.3 is 5.97 Å². The zero-order valence-electron chi connectivity index (χ0n) is 13.4. The Kier molecular flexibility index (Phi) is 5.36. The summed E-state index contributed by atoms with van der Waals surface area (Å²) in [6.07, 6.45) is 0.527. The van der Waals surface area contributed by atoms with E-state index in [0.717, 1.165) is 0 Å². The van der Waals surface area contributed by atoms with E-state index in [1.807, 2.05) is 0 Å². The van der Waals surface area contributed by atoms with Gasteiger partial charge < -0.3 is 14.7 Å². The molecule has 0 spiro atoms. The van der Waals surface area contributed by atoms with E-state index < -0.39 is 11.4 Å². The van der Waals surface area contributed by atoms with Gasteiger partial charge in [-0.2, -0.15) is 0 Å². The summed E-state index contributed by atoms with van der Waals surface area (Å²) in [6.45, 7) is 2.40. The van der Waals surface area contributed by atoms with Gasteiger partial charge in [-0.3, -0.25) is 9.59 Å². The van der Waals surface area contributed by atoms with Gasteiger partial charge in [-0.05, 0) is 24.0 Å². The van der Waals surface area contributed by atoms with Gasteiger partial charge in [0.1, 0.15) is 11.2 Å². The minimum atomic E-state index is -1.04. The van der Waals surface area contributed by atoms with Crippen LogP contribution in [0.2, 0.25) is 0 Å². The highest BCUT2D eigenvalue weighted by atomic mass is 19.1. The molecule has 2 rings (SSSR count). The minimum absolute atomic E-state index is 0.0784. The van der Waals surface area contributed by atoms with Gasteiger partial charge in [0.25, 0.3) is 0 Å². The molecule has 1 aliphatic rings. The molecule has 2 unspecified atom stereocenters. The van der Waals surface area contributed by atoms with E-state index in [2.05, 4.69) is 0 Å². The topological polar surface area (TPSA) is 66.8 Å². The number of halogens is 1. The zero-order chi connectivity index (χ0) is 17.0. The van der Waals surface area contributed by atoms with Crippen LogP contribution in [0.5, 0.6) is 0 Å². The SMILES string of the molecule is COCC1(C(=O)O)CCN(C(=O)CC(C)c2ccccc2F)C1. The van der Waals surface area contributed by atoms with Gasteiger partial charge in [0, 0.05) is 26.6 Å². The van der Waals surface area contributed by atoms with Gasteiger partial charge in [-0.1, -0.05) is 25.1 Å². The summed E-state index contributed by atoms with van der Waals surface area (Å²) < 4.78 is 18.8. The van der Waals surface area contributed by atoms with Crippen LogP contribution in [0.3, 0.4) is 0 Å². The normalized spacial score (nSPS) is 22.1. The average molecular weight is 323 g/mol. The molecule has 1 aromatic carbocycles. The molecule has 23 heavy (non-hydrogen) atoms. The number of methoxy groups -OCH3 is 1. The van der Waals surface area contributed by atoms with Crippen molar-refractivity contribution in [3.05, 3.63) is 35.6 Å². The molecule has 0 radical (unpaired) electrons. The number of nitrogens with zero attached hydrogens (tertiary/aromatic N) is 1. The summed E-state index contributed by atoms with van der Waals surface area (Å²) >= 11 is 0. The highest BCUT2D eigenvalue weighted by molar-refractivity contribution is 5.81. The monoisotopic (exact) mass is 323 g/mol. The molecule has 0 aromatic heterocycles. The number of aliphatic carboxylic acids is 1. The first-order valence-corrected chi connectivity index (χ1v) is 7.64. The van der Waals surface area contributed by atoms with E-state index in [9.17, 15) is 19.1 Å². The Morgan fingerprint density at radius 2 is 2.13 bits per heavy atom. The maximum atomic E-state index is 13.8. The maximum absolute atomic E-state index is 13.8. The highest BCUT2D eigenvalue weighted by Gasteiger charge is 2.46. The Morgan fingerprint density at radius 1 is 1.43 bits per heavy atom. The maximum Gasteiger partial charge on any atom is 0.313 e. The van der Waals surface area contributed by atoms with Crippen LogP contribution in [0.4, 0.5) is 4.39 Å². The summed E-state index contributed by atoms with van der Waals surface area (Å²) in [4.78, 5) is 25.5. The molecule has 6 heteroatoms. The largest absolute Gasteiger partial charge is 0.481 e. The number of carboxylic acids is 1. The fourth-order valence-corrected chi connectivity index (χ4v) is 3.09. The second kappa shape index (κ2) is 7.08. The number of carboxylic acid groups (broad SMARTS) is 1. The zero-order valence-corrected chi connectivity index (χ0v) is 13.4. The highest BCUT2D eigenvalue weighted by Crippen LogP contribution is 2.33. The molecule has 1 aliphatic heterocycles. The molecule has 1 N–H and O–H groups in total. The molecule has 2 atom stereocenters. The Bertz CT molecular complexity index is 592. The van der Waals surface area contributed by atoms with Crippen molar-refractivity contribution in [2.24, 2.45) is 5.41 Å². The number of rotatable bonds is 6. The van der Waals surface area contributed by atoms with E-state index in [1.54, 1.807) is 30.0 Å². The Morgan fingerprint density at radius 3 is 2.74 bits per heavy atom. The first-order chi connectivity index (χ1) is 10.9. The lowest BCUT2D eigenvalue weighted by Gasteiger charge is -2.24. The van der Waals surface area contributed by atoms with Gasteiger partial charge in [-0.15, -0.1) is 0 Å². The molecule has 1 amide bonds. The molecule has 0 aliphatic carbocycles. The van der Waals surface area contributed by atoms with Crippen LogP contribution in [0.25, 0.3) is 0 Å². The molecular weight excluding hydrogens is 301 g/mol. The van der Waals surface area contributed by atoms with Gasteiger partial charge in [0.15, 0.2) is 0 Å². The summed E-state index contributed by atoms with van der Waals surface area (Å²) in [5.74, 6) is -1.68. The molecule has 0 saturated carbocycles.